The van der Waals surface area contributed by atoms with Crippen molar-refractivity contribution in [2.24, 2.45) is 4.99 Å². The van der Waals surface area contributed by atoms with Gasteiger partial charge in [0.05, 0.1) is 25.8 Å². The van der Waals surface area contributed by atoms with E-state index in [1.807, 2.05) is 0 Å². The zero-order valence-corrected chi connectivity index (χ0v) is 12.1. The van der Waals surface area contributed by atoms with E-state index in [0.717, 1.165) is 51.6 Å². The van der Waals surface area contributed by atoms with Gasteiger partial charge in [0.2, 0.25) is 0 Å². The maximum absolute atomic E-state index is 5.48. The van der Waals surface area contributed by atoms with E-state index in [1.165, 1.54) is 11.1 Å². The minimum atomic E-state index is 0.257. The average Bonchev–Trinajstić information content (AvgIpc) is 3.03. The molecule has 108 valence electrons. The second kappa shape index (κ2) is 6.37. The molecule has 0 aromatic heterocycles. The third-order valence-corrected chi connectivity index (χ3v) is 4.07. The number of benzene rings is 1. The first kappa shape index (κ1) is 13.6. The summed E-state index contributed by atoms with van der Waals surface area (Å²) in [6.07, 6.45) is 1.09. The van der Waals surface area contributed by atoms with E-state index >= 15 is 0 Å². The van der Waals surface area contributed by atoms with E-state index < -0.39 is 0 Å². The summed E-state index contributed by atoms with van der Waals surface area (Å²) < 4.78 is 5.48. The number of ether oxygens (including phenoxy) is 1. The Morgan fingerprint density at radius 1 is 1.25 bits per heavy atom. The van der Waals surface area contributed by atoms with Crippen molar-refractivity contribution in [2.75, 3.05) is 39.4 Å². The SMILES string of the molecule is CCc1ccc(C(C2=NCCN2)N2CCOCC2)cc1. The van der Waals surface area contributed by atoms with Crippen LogP contribution in [0.15, 0.2) is 29.3 Å². The fraction of sp³-hybridized carbons (Fsp3) is 0.562. The third-order valence-electron chi connectivity index (χ3n) is 4.07. The van der Waals surface area contributed by atoms with Gasteiger partial charge < -0.3 is 10.1 Å². The number of amidine groups is 1. The summed E-state index contributed by atoms with van der Waals surface area (Å²) in [6, 6.07) is 9.23. The van der Waals surface area contributed by atoms with E-state index in [2.05, 4.69) is 46.4 Å². The monoisotopic (exact) mass is 273 g/mol. The maximum Gasteiger partial charge on any atom is 0.119 e. The van der Waals surface area contributed by atoms with Crippen LogP contribution in [0.2, 0.25) is 0 Å². The highest BCUT2D eigenvalue weighted by Crippen LogP contribution is 2.24. The van der Waals surface area contributed by atoms with Gasteiger partial charge in [0.15, 0.2) is 0 Å². The second-order valence-electron chi connectivity index (χ2n) is 5.34. The van der Waals surface area contributed by atoms with Gasteiger partial charge in [0, 0.05) is 19.6 Å². The van der Waals surface area contributed by atoms with Crippen molar-refractivity contribution in [3.05, 3.63) is 35.4 Å². The van der Waals surface area contributed by atoms with E-state index in [0.29, 0.717) is 0 Å². The highest BCUT2D eigenvalue weighted by atomic mass is 16.5. The van der Waals surface area contributed by atoms with Crippen LogP contribution in [-0.2, 0) is 11.2 Å². The molecule has 1 aromatic carbocycles. The number of morpholine rings is 1. The number of nitrogens with one attached hydrogen (secondary N) is 1. The lowest BCUT2D eigenvalue weighted by molar-refractivity contribution is 0.0283. The van der Waals surface area contributed by atoms with Crippen LogP contribution < -0.4 is 5.32 Å². The predicted octanol–water partition coefficient (Wildman–Crippen LogP) is 1.62. The Kier molecular flexibility index (Phi) is 4.33. The van der Waals surface area contributed by atoms with Gasteiger partial charge in [-0.1, -0.05) is 31.2 Å². The van der Waals surface area contributed by atoms with Gasteiger partial charge in [0.1, 0.15) is 5.84 Å². The Morgan fingerprint density at radius 2 is 2.00 bits per heavy atom. The van der Waals surface area contributed by atoms with Gasteiger partial charge in [-0.05, 0) is 17.5 Å². The Hall–Kier alpha value is -1.39. The molecule has 4 nitrogen and oxygen atoms in total. The molecule has 2 aliphatic rings. The van der Waals surface area contributed by atoms with Crippen LogP contribution in [0.25, 0.3) is 0 Å². The van der Waals surface area contributed by atoms with E-state index in [1.54, 1.807) is 0 Å². The summed E-state index contributed by atoms with van der Waals surface area (Å²) in [4.78, 5) is 7.13. The highest BCUT2D eigenvalue weighted by Gasteiger charge is 2.28. The van der Waals surface area contributed by atoms with Crippen molar-refractivity contribution in [2.45, 2.75) is 19.4 Å². The molecule has 3 rings (SSSR count). The summed E-state index contributed by atoms with van der Waals surface area (Å²) in [7, 11) is 0. The lowest BCUT2D eigenvalue weighted by Crippen LogP contribution is -2.44. The van der Waals surface area contributed by atoms with Gasteiger partial charge in [-0.3, -0.25) is 9.89 Å². The maximum atomic E-state index is 5.48. The molecule has 1 atom stereocenters. The molecule has 2 aliphatic heterocycles. The van der Waals surface area contributed by atoms with Crippen molar-refractivity contribution in [1.29, 1.82) is 0 Å². The molecular weight excluding hydrogens is 250 g/mol. The Labute approximate surface area is 120 Å². The molecule has 1 saturated heterocycles. The molecule has 1 fully saturated rings. The van der Waals surface area contributed by atoms with Crippen LogP contribution in [0.5, 0.6) is 0 Å². The van der Waals surface area contributed by atoms with Crippen LogP contribution in [0.3, 0.4) is 0 Å². The molecule has 0 saturated carbocycles. The zero-order chi connectivity index (χ0) is 13.8. The number of hydrogen-bond donors (Lipinski definition) is 1. The van der Waals surface area contributed by atoms with Gasteiger partial charge in [-0.2, -0.15) is 0 Å². The first-order chi connectivity index (χ1) is 9.88. The molecule has 1 N–H and O–H groups in total. The lowest BCUT2D eigenvalue weighted by Gasteiger charge is -2.34. The molecule has 0 aliphatic carbocycles. The quantitative estimate of drug-likeness (QED) is 0.906. The van der Waals surface area contributed by atoms with Crippen LogP contribution in [0.4, 0.5) is 0 Å². The first-order valence-electron chi connectivity index (χ1n) is 7.57. The third kappa shape index (κ3) is 2.86. The lowest BCUT2D eigenvalue weighted by atomic mass is 10.0. The van der Waals surface area contributed by atoms with Gasteiger partial charge in [0.25, 0.3) is 0 Å². The largest absolute Gasteiger partial charge is 0.379 e. The predicted molar refractivity (Wildman–Crippen MR) is 81.3 cm³/mol. The van der Waals surface area contributed by atoms with E-state index in [-0.39, 0.29) is 6.04 Å². The van der Waals surface area contributed by atoms with Crippen molar-refractivity contribution in [3.63, 3.8) is 0 Å². The number of rotatable bonds is 4. The van der Waals surface area contributed by atoms with Crippen LogP contribution in [0.1, 0.15) is 24.1 Å². The number of hydrogen-bond acceptors (Lipinski definition) is 4. The van der Waals surface area contributed by atoms with Crippen molar-refractivity contribution >= 4 is 5.84 Å². The fourth-order valence-corrected chi connectivity index (χ4v) is 2.91. The summed E-state index contributed by atoms with van der Waals surface area (Å²) >= 11 is 0. The van der Waals surface area contributed by atoms with Gasteiger partial charge in [-0.15, -0.1) is 0 Å². The smallest absolute Gasteiger partial charge is 0.119 e. The molecule has 0 amide bonds. The standard InChI is InChI=1S/C16H23N3O/c1-2-13-3-5-14(6-4-13)15(16-17-7-8-18-16)19-9-11-20-12-10-19/h3-6,15H,2,7-12H2,1H3,(H,17,18). The average molecular weight is 273 g/mol. The molecule has 4 heteroatoms. The Morgan fingerprint density at radius 3 is 2.60 bits per heavy atom. The molecule has 1 aromatic rings. The molecule has 0 spiro atoms. The van der Waals surface area contributed by atoms with Crippen LogP contribution >= 0.6 is 0 Å². The van der Waals surface area contributed by atoms with E-state index in [9.17, 15) is 0 Å². The summed E-state index contributed by atoms with van der Waals surface area (Å²) in [5.41, 5.74) is 2.72. The minimum Gasteiger partial charge on any atom is -0.379 e. The summed E-state index contributed by atoms with van der Waals surface area (Å²) in [6.45, 7) is 7.62. The highest BCUT2D eigenvalue weighted by molar-refractivity contribution is 5.89. The zero-order valence-electron chi connectivity index (χ0n) is 12.1. The number of aliphatic imine (C=N–C) groups is 1. The second-order valence-corrected chi connectivity index (χ2v) is 5.34. The molecule has 0 bridgehead atoms. The van der Waals surface area contributed by atoms with Crippen LogP contribution in [0, 0.1) is 0 Å². The molecule has 2 heterocycles. The Bertz CT molecular complexity index is 463. The van der Waals surface area contributed by atoms with Gasteiger partial charge in [-0.25, -0.2) is 0 Å². The van der Waals surface area contributed by atoms with Crippen molar-refractivity contribution in [1.82, 2.24) is 10.2 Å². The summed E-state index contributed by atoms with van der Waals surface area (Å²) in [5, 5.41) is 3.45. The number of nitrogens with zero attached hydrogens (tertiary/aromatic N) is 2. The molecular formula is C16H23N3O. The number of aryl methyl sites for hydroxylation is 1. The minimum absolute atomic E-state index is 0.257. The molecule has 1 unspecified atom stereocenters. The molecule has 20 heavy (non-hydrogen) atoms. The topological polar surface area (TPSA) is 36.9 Å². The van der Waals surface area contributed by atoms with Crippen molar-refractivity contribution in [3.8, 4) is 0 Å². The van der Waals surface area contributed by atoms with E-state index in [4.69, 9.17) is 4.74 Å². The Balaban J connectivity index is 1.86. The molecule has 0 radical (unpaired) electrons. The van der Waals surface area contributed by atoms with Crippen molar-refractivity contribution < 1.29 is 4.74 Å². The normalized spacial score (nSPS) is 21.4. The van der Waals surface area contributed by atoms with Crippen LogP contribution in [-0.4, -0.2) is 50.1 Å². The van der Waals surface area contributed by atoms with Gasteiger partial charge >= 0.3 is 0 Å². The summed E-state index contributed by atoms with van der Waals surface area (Å²) in [5.74, 6) is 1.12. The first-order valence-corrected chi connectivity index (χ1v) is 7.57. The fourth-order valence-electron chi connectivity index (χ4n) is 2.91.